The van der Waals surface area contributed by atoms with Gasteiger partial charge in [-0.15, -0.1) is 0 Å². The first-order valence-electron chi connectivity index (χ1n) is 9.66. The van der Waals surface area contributed by atoms with E-state index in [1.807, 2.05) is 0 Å². The fourth-order valence-corrected chi connectivity index (χ4v) is 3.32. The number of pyridine rings is 3. The minimum Gasteiger partial charge on any atom is -0.322 e. The van der Waals surface area contributed by atoms with Crippen molar-refractivity contribution in [1.29, 1.82) is 0 Å². The number of nitrogens with one attached hydrogen (secondary N) is 2. The Morgan fingerprint density at radius 2 is 1.91 bits per heavy atom. The quantitative estimate of drug-likeness (QED) is 0.488. The van der Waals surface area contributed by atoms with Gasteiger partial charge in [-0.3, -0.25) is 19.3 Å². The van der Waals surface area contributed by atoms with E-state index in [0.29, 0.717) is 22.3 Å². The van der Waals surface area contributed by atoms with Crippen LogP contribution in [0.15, 0.2) is 59.9 Å². The van der Waals surface area contributed by atoms with Crippen molar-refractivity contribution >= 4 is 11.7 Å². The molecule has 4 rings (SSSR count). The number of hydrogen-bond donors (Lipinski definition) is 2. The van der Waals surface area contributed by atoms with Gasteiger partial charge in [0.25, 0.3) is 5.91 Å². The van der Waals surface area contributed by atoms with E-state index < -0.39 is 23.3 Å². The SMILES string of the molecule is Cc1cnc(NC(=O)c2cnn(C)c2)cc1-c1cc(-c2cccnc2C(F)(F)F)[nH]c(=O)c1. The monoisotopic (exact) mass is 454 g/mol. The highest BCUT2D eigenvalue weighted by atomic mass is 19.4. The number of carbonyl (C=O) groups excluding carboxylic acids is 1. The first-order valence-corrected chi connectivity index (χ1v) is 9.66. The number of H-pyrrole nitrogens is 1. The molecule has 4 aromatic heterocycles. The van der Waals surface area contributed by atoms with Crippen molar-refractivity contribution in [2.75, 3.05) is 5.32 Å². The van der Waals surface area contributed by atoms with Crippen LogP contribution in [0.5, 0.6) is 0 Å². The van der Waals surface area contributed by atoms with Crippen molar-refractivity contribution in [3.05, 3.63) is 82.3 Å². The fraction of sp³-hybridized carbons (Fsp3) is 0.136. The predicted octanol–water partition coefficient (Wildman–Crippen LogP) is 3.81. The van der Waals surface area contributed by atoms with Gasteiger partial charge in [0.1, 0.15) is 5.82 Å². The molecule has 4 heterocycles. The van der Waals surface area contributed by atoms with Crippen LogP contribution in [0.2, 0.25) is 0 Å². The molecule has 0 atom stereocenters. The number of halogens is 3. The molecule has 0 aromatic carbocycles. The van der Waals surface area contributed by atoms with Gasteiger partial charge in [0.15, 0.2) is 5.69 Å². The Labute approximate surface area is 185 Å². The molecular formula is C22H17F3N6O2. The minimum atomic E-state index is -4.69. The molecule has 8 nitrogen and oxygen atoms in total. The molecule has 1 amide bonds. The summed E-state index contributed by atoms with van der Waals surface area (Å²) in [5, 5.41) is 6.59. The van der Waals surface area contributed by atoms with Gasteiger partial charge in [0.05, 0.1) is 17.5 Å². The Balaban J connectivity index is 1.75. The van der Waals surface area contributed by atoms with Gasteiger partial charge in [0.2, 0.25) is 5.56 Å². The van der Waals surface area contributed by atoms with E-state index in [-0.39, 0.29) is 17.1 Å². The number of amides is 1. The minimum absolute atomic E-state index is 0.0323. The lowest BCUT2D eigenvalue weighted by Gasteiger charge is -2.13. The normalized spacial score (nSPS) is 11.4. The number of aryl methyl sites for hydroxylation is 2. The van der Waals surface area contributed by atoms with Gasteiger partial charge in [-0.2, -0.15) is 18.3 Å². The first kappa shape index (κ1) is 21.9. The van der Waals surface area contributed by atoms with Crippen LogP contribution in [0.4, 0.5) is 19.0 Å². The first-order chi connectivity index (χ1) is 15.6. The zero-order valence-electron chi connectivity index (χ0n) is 17.4. The predicted molar refractivity (Wildman–Crippen MR) is 114 cm³/mol. The maximum absolute atomic E-state index is 13.4. The van der Waals surface area contributed by atoms with Crippen molar-refractivity contribution < 1.29 is 18.0 Å². The number of hydrogen-bond acceptors (Lipinski definition) is 5. The largest absolute Gasteiger partial charge is 0.434 e. The molecule has 0 fully saturated rings. The Morgan fingerprint density at radius 3 is 2.61 bits per heavy atom. The lowest BCUT2D eigenvalue weighted by Crippen LogP contribution is -2.13. The van der Waals surface area contributed by atoms with Crippen LogP contribution in [0.25, 0.3) is 22.4 Å². The summed E-state index contributed by atoms with van der Waals surface area (Å²) >= 11 is 0. The van der Waals surface area contributed by atoms with Gasteiger partial charge in [-0.1, -0.05) is 0 Å². The second-order valence-corrected chi connectivity index (χ2v) is 7.29. The lowest BCUT2D eigenvalue weighted by molar-refractivity contribution is -0.140. The third-order valence-electron chi connectivity index (χ3n) is 4.83. The molecule has 33 heavy (non-hydrogen) atoms. The molecule has 0 spiro atoms. The van der Waals surface area contributed by atoms with Gasteiger partial charge >= 0.3 is 6.18 Å². The molecule has 0 saturated heterocycles. The highest BCUT2D eigenvalue weighted by molar-refractivity contribution is 6.03. The van der Waals surface area contributed by atoms with Crippen LogP contribution in [-0.2, 0) is 13.2 Å². The topological polar surface area (TPSA) is 106 Å². The molecule has 2 N–H and O–H groups in total. The highest BCUT2D eigenvalue weighted by Crippen LogP contribution is 2.35. The second-order valence-electron chi connectivity index (χ2n) is 7.29. The number of alkyl halides is 3. The Bertz CT molecular complexity index is 1410. The smallest absolute Gasteiger partial charge is 0.322 e. The zero-order valence-corrected chi connectivity index (χ0v) is 17.4. The molecule has 0 aliphatic carbocycles. The summed E-state index contributed by atoms with van der Waals surface area (Å²) < 4.78 is 41.8. The van der Waals surface area contributed by atoms with E-state index in [2.05, 4.69) is 25.4 Å². The van der Waals surface area contributed by atoms with E-state index in [1.54, 1.807) is 26.2 Å². The molecule has 0 aliphatic heterocycles. The highest BCUT2D eigenvalue weighted by Gasteiger charge is 2.35. The number of anilines is 1. The van der Waals surface area contributed by atoms with Crippen LogP contribution in [0, 0.1) is 6.92 Å². The third kappa shape index (κ3) is 4.66. The van der Waals surface area contributed by atoms with Gasteiger partial charge in [-0.05, 0) is 47.9 Å². The fourth-order valence-electron chi connectivity index (χ4n) is 3.32. The average Bonchev–Trinajstić information content (AvgIpc) is 3.20. The van der Waals surface area contributed by atoms with E-state index in [1.165, 1.54) is 41.3 Å². The van der Waals surface area contributed by atoms with E-state index in [0.717, 1.165) is 6.20 Å². The number of aromatic nitrogens is 5. The zero-order chi connectivity index (χ0) is 23.8. The number of rotatable bonds is 4. The lowest BCUT2D eigenvalue weighted by atomic mass is 10.00. The molecule has 0 saturated carbocycles. The van der Waals surface area contributed by atoms with Crippen LogP contribution >= 0.6 is 0 Å². The summed E-state index contributed by atoms with van der Waals surface area (Å²) in [6.45, 7) is 1.74. The number of aromatic amines is 1. The van der Waals surface area contributed by atoms with Crippen molar-refractivity contribution in [3.8, 4) is 22.4 Å². The Hall–Kier alpha value is -4.28. The second kappa shape index (κ2) is 8.34. The summed E-state index contributed by atoms with van der Waals surface area (Å²) in [5.74, 6) is -0.217. The average molecular weight is 454 g/mol. The molecule has 0 unspecified atom stereocenters. The van der Waals surface area contributed by atoms with E-state index in [9.17, 15) is 22.8 Å². The summed E-state index contributed by atoms with van der Waals surface area (Å²) in [6.07, 6.45) is 0.789. The molecule has 4 aromatic rings. The van der Waals surface area contributed by atoms with E-state index in [4.69, 9.17) is 0 Å². The molecule has 0 aliphatic rings. The maximum Gasteiger partial charge on any atom is 0.434 e. The van der Waals surface area contributed by atoms with Crippen LogP contribution in [0.1, 0.15) is 21.6 Å². The van der Waals surface area contributed by atoms with Crippen molar-refractivity contribution in [1.82, 2.24) is 24.7 Å². The molecule has 0 radical (unpaired) electrons. The maximum atomic E-state index is 13.4. The van der Waals surface area contributed by atoms with Gasteiger partial charge in [0, 0.05) is 37.3 Å². The summed E-state index contributed by atoms with van der Waals surface area (Å²) in [6, 6.07) is 6.85. The van der Waals surface area contributed by atoms with Crippen LogP contribution < -0.4 is 10.9 Å². The summed E-state index contributed by atoms with van der Waals surface area (Å²) in [4.78, 5) is 34.8. The van der Waals surface area contributed by atoms with E-state index >= 15 is 0 Å². The van der Waals surface area contributed by atoms with Crippen molar-refractivity contribution in [2.45, 2.75) is 13.1 Å². The molecule has 0 bridgehead atoms. The summed E-state index contributed by atoms with van der Waals surface area (Å²) in [7, 11) is 1.68. The number of nitrogens with zero attached hydrogens (tertiary/aromatic N) is 4. The molecule has 168 valence electrons. The Morgan fingerprint density at radius 1 is 1.12 bits per heavy atom. The Kier molecular flexibility index (Phi) is 5.54. The molecule has 11 heteroatoms. The number of carbonyl (C=O) groups is 1. The van der Waals surface area contributed by atoms with Gasteiger partial charge < -0.3 is 10.3 Å². The van der Waals surface area contributed by atoms with Crippen molar-refractivity contribution in [3.63, 3.8) is 0 Å². The summed E-state index contributed by atoms with van der Waals surface area (Å²) in [5.41, 5.74) is -0.0933. The third-order valence-corrected chi connectivity index (χ3v) is 4.83. The van der Waals surface area contributed by atoms with Crippen LogP contribution in [0.3, 0.4) is 0 Å². The van der Waals surface area contributed by atoms with Crippen molar-refractivity contribution in [2.24, 2.45) is 7.05 Å². The van der Waals surface area contributed by atoms with Gasteiger partial charge in [-0.25, -0.2) is 4.98 Å². The molecular weight excluding hydrogens is 437 g/mol. The standard InChI is InChI=1S/C22H17F3N6O2/c1-12-9-27-18(30-21(33)14-10-28-31(2)11-14)8-16(12)13-6-17(29-19(32)7-13)15-4-3-5-26-20(15)22(23,24)25/h3-11H,1-2H3,(H,29,32)(H,27,30,33). The van der Waals surface area contributed by atoms with Crippen LogP contribution in [-0.4, -0.2) is 30.6 Å².